The van der Waals surface area contributed by atoms with Crippen molar-refractivity contribution in [2.24, 2.45) is 5.10 Å². The number of hydrogen-bond acceptors (Lipinski definition) is 5. The molecule has 0 unspecified atom stereocenters. The molecule has 1 N–H and O–H groups in total. The molecule has 1 aliphatic rings. The van der Waals surface area contributed by atoms with Crippen molar-refractivity contribution in [3.8, 4) is 5.75 Å². The number of rotatable bonds is 7. The van der Waals surface area contributed by atoms with E-state index in [9.17, 15) is 4.79 Å². The fraction of sp³-hybridized carbons (Fsp3) is 0.364. The van der Waals surface area contributed by atoms with Crippen molar-refractivity contribution in [1.82, 2.24) is 15.2 Å². The quantitative estimate of drug-likeness (QED) is 0.591. The fourth-order valence-electron chi connectivity index (χ4n) is 3.16. The Bertz CT molecular complexity index is 779. The van der Waals surface area contributed by atoms with Gasteiger partial charge in [-0.1, -0.05) is 29.8 Å². The monoisotopic (exact) mass is 380 g/mol. The smallest absolute Gasteiger partial charge is 0.254 e. The lowest BCUT2D eigenvalue weighted by Crippen LogP contribution is -2.48. The van der Waals surface area contributed by atoms with Crippen LogP contribution in [0.4, 0.5) is 0 Å². The summed E-state index contributed by atoms with van der Waals surface area (Å²) >= 11 is 0. The summed E-state index contributed by atoms with van der Waals surface area (Å²) in [6, 6.07) is 16.2. The molecule has 0 aliphatic carbocycles. The second-order valence-corrected chi connectivity index (χ2v) is 7.10. The van der Waals surface area contributed by atoms with Crippen LogP contribution in [-0.2, 0) is 11.3 Å². The van der Waals surface area contributed by atoms with Crippen LogP contribution in [0.2, 0.25) is 0 Å². The van der Waals surface area contributed by atoms with Crippen LogP contribution in [0.15, 0.2) is 53.6 Å². The van der Waals surface area contributed by atoms with E-state index in [1.54, 1.807) is 13.3 Å². The van der Waals surface area contributed by atoms with Crippen molar-refractivity contribution < 1.29 is 9.53 Å². The molecule has 148 valence electrons. The third kappa shape index (κ3) is 6.18. The van der Waals surface area contributed by atoms with Gasteiger partial charge in [0.05, 0.1) is 19.9 Å². The van der Waals surface area contributed by atoms with Crippen molar-refractivity contribution >= 4 is 12.1 Å². The van der Waals surface area contributed by atoms with E-state index in [0.29, 0.717) is 6.54 Å². The summed E-state index contributed by atoms with van der Waals surface area (Å²) in [6.45, 7) is 7.16. The van der Waals surface area contributed by atoms with E-state index in [-0.39, 0.29) is 5.91 Å². The van der Waals surface area contributed by atoms with Gasteiger partial charge < -0.3 is 4.74 Å². The first-order chi connectivity index (χ1) is 13.6. The molecule has 0 radical (unpaired) electrons. The van der Waals surface area contributed by atoms with Gasteiger partial charge in [-0.3, -0.25) is 14.6 Å². The zero-order chi connectivity index (χ0) is 19.8. The van der Waals surface area contributed by atoms with Crippen molar-refractivity contribution in [2.45, 2.75) is 13.5 Å². The highest BCUT2D eigenvalue weighted by Crippen LogP contribution is 2.10. The minimum absolute atomic E-state index is 0.0863. The molecule has 2 aromatic rings. The number of nitrogens with zero attached hydrogens (tertiary/aromatic N) is 3. The van der Waals surface area contributed by atoms with E-state index in [4.69, 9.17) is 4.74 Å². The van der Waals surface area contributed by atoms with Gasteiger partial charge in [0, 0.05) is 32.7 Å². The van der Waals surface area contributed by atoms with Gasteiger partial charge in [0.25, 0.3) is 5.91 Å². The molecule has 1 heterocycles. The molecule has 1 amide bonds. The normalized spacial score (nSPS) is 15.6. The molecule has 1 fully saturated rings. The van der Waals surface area contributed by atoms with E-state index in [0.717, 1.165) is 44.0 Å². The van der Waals surface area contributed by atoms with Gasteiger partial charge in [0.2, 0.25) is 0 Å². The first-order valence-electron chi connectivity index (χ1n) is 9.58. The van der Waals surface area contributed by atoms with Gasteiger partial charge in [0.15, 0.2) is 0 Å². The predicted molar refractivity (Wildman–Crippen MR) is 112 cm³/mol. The minimum atomic E-state index is -0.0863. The third-order valence-corrected chi connectivity index (χ3v) is 4.88. The summed E-state index contributed by atoms with van der Waals surface area (Å²) in [6.07, 6.45) is 1.64. The summed E-state index contributed by atoms with van der Waals surface area (Å²) in [5.41, 5.74) is 6.14. The van der Waals surface area contributed by atoms with Gasteiger partial charge in [-0.2, -0.15) is 5.10 Å². The highest BCUT2D eigenvalue weighted by molar-refractivity contribution is 5.83. The summed E-state index contributed by atoms with van der Waals surface area (Å²) < 4.78 is 5.12. The molecular formula is C22H28N4O2. The van der Waals surface area contributed by atoms with Crippen LogP contribution in [0.3, 0.4) is 0 Å². The molecular weight excluding hydrogens is 352 g/mol. The lowest BCUT2D eigenvalue weighted by atomic mass is 10.1. The zero-order valence-electron chi connectivity index (χ0n) is 16.6. The van der Waals surface area contributed by atoms with E-state index in [1.807, 2.05) is 24.3 Å². The van der Waals surface area contributed by atoms with Crippen molar-refractivity contribution in [2.75, 3.05) is 39.8 Å². The predicted octanol–water partition coefficient (Wildman–Crippen LogP) is 2.27. The van der Waals surface area contributed by atoms with Crippen LogP contribution < -0.4 is 10.2 Å². The maximum Gasteiger partial charge on any atom is 0.254 e. The summed E-state index contributed by atoms with van der Waals surface area (Å²) in [5, 5.41) is 4.04. The molecule has 2 aromatic carbocycles. The van der Waals surface area contributed by atoms with E-state index in [1.165, 1.54) is 11.1 Å². The number of benzene rings is 2. The number of nitrogens with one attached hydrogen (secondary N) is 1. The van der Waals surface area contributed by atoms with E-state index < -0.39 is 0 Å². The number of methoxy groups -OCH3 is 1. The van der Waals surface area contributed by atoms with Crippen molar-refractivity contribution in [3.05, 3.63) is 65.2 Å². The highest BCUT2D eigenvalue weighted by atomic mass is 16.5. The minimum Gasteiger partial charge on any atom is -0.497 e. The zero-order valence-corrected chi connectivity index (χ0v) is 16.6. The fourth-order valence-corrected chi connectivity index (χ4v) is 3.16. The number of hydrazone groups is 1. The topological polar surface area (TPSA) is 57.2 Å². The Kier molecular flexibility index (Phi) is 7.17. The second-order valence-electron chi connectivity index (χ2n) is 7.10. The van der Waals surface area contributed by atoms with Crippen LogP contribution >= 0.6 is 0 Å². The maximum atomic E-state index is 12.1. The first-order valence-corrected chi connectivity index (χ1v) is 9.58. The van der Waals surface area contributed by atoms with Gasteiger partial charge >= 0.3 is 0 Å². The lowest BCUT2D eigenvalue weighted by Gasteiger charge is -2.34. The van der Waals surface area contributed by atoms with Gasteiger partial charge in [-0.15, -0.1) is 0 Å². The van der Waals surface area contributed by atoms with E-state index >= 15 is 0 Å². The lowest BCUT2D eigenvalue weighted by molar-refractivity contribution is -0.122. The Morgan fingerprint density at radius 1 is 1.04 bits per heavy atom. The SMILES string of the molecule is COc1ccc(C=NNC(=O)CN2CCN(Cc3ccc(C)cc3)CC2)cc1. The molecule has 28 heavy (non-hydrogen) atoms. The first kappa shape index (κ1) is 20.0. The number of amides is 1. The Labute approximate surface area is 166 Å². The van der Waals surface area contributed by atoms with Crippen LogP contribution in [0.5, 0.6) is 5.75 Å². The molecule has 0 aromatic heterocycles. The molecule has 0 spiro atoms. The van der Waals surface area contributed by atoms with Gasteiger partial charge in [-0.05, 0) is 42.3 Å². The van der Waals surface area contributed by atoms with Crippen LogP contribution in [0.25, 0.3) is 0 Å². The van der Waals surface area contributed by atoms with Gasteiger partial charge in [0.1, 0.15) is 5.75 Å². The largest absolute Gasteiger partial charge is 0.497 e. The number of piperazine rings is 1. The number of carbonyl (C=O) groups is 1. The highest BCUT2D eigenvalue weighted by Gasteiger charge is 2.18. The summed E-state index contributed by atoms with van der Waals surface area (Å²) in [4.78, 5) is 16.7. The second kappa shape index (κ2) is 10.0. The average Bonchev–Trinajstić information content (AvgIpc) is 2.72. The molecule has 0 bridgehead atoms. The molecule has 1 aliphatic heterocycles. The number of hydrogen-bond donors (Lipinski definition) is 1. The molecule has 0 saturated carbocycles. The van der Waals surface area contributed by atoms with Crippen LogP contribution in [-0.4, -0.2) is 61.8 Å². The number of ether oxygens (including phenoxy) is 1. The Hall–Kier alpha value is -2.70. The molecule has 6 heteroatoms. The van der Waals surface area contributed by atoms with E-state index in [2.05, 4.69) is 51.5 Å². The summed E-state index contributed by atoms with van der Waals surface area (Å²) in [7, 11) is 1.63. The number of carbonyl (C=O) groups excluding carboxylic acids is 1. The molecule has 1 saturated heterocycles. The molecule has 3 rings (SSSR count). The number of aryl methyl sites for hydroxylation is 1. The average molecular weight is 380 g/mol. The Morgan fingerprint density at radius 3 is 2.32 bits per heavy atom. The maximum absolute atomic E-state index is 12.1. The van der Waals surface area contributed by atoms with Crippen LogP contribution in [0, 0.1) is 6.92 Å². The third-order valence-electron chi connectivity index (χ3n) is 4.88. The standard InChI is InChI=1S/C22H28N4O2/c1-18-3-5-20(6-4-18)16-25-11-13-26(14-12-25)17-22(27)24-23-15-19-7-9-21(28-2)10-8-19/h3-10,15H,11-14,16-17H2,1-2H3,(H,24,27). The van der Waals surface area contributed by atoms with Crippen molar-refractivity contribution in [3.63, 3.8) is 0 Å². The Balaban J connectivity index is 1.37. The van der Waals surface area contributed by atoms with Crippen LogP contribution in [0.1, 0.15) is 16.7 Å². The Morgan fingerprint density at radius 2 is 1.68 bits per heavy atom. The molecule has 0 atom stereocenters. The van der Waals surface area contributed by atoms with Gasteiger partial charge in [-0.25, -0.2) is 5.43 Å². The summed E-state index contributed by atoms with van der Waals surface area (Å²) in [5.74, 6) is 0.708. The molecule has 6 nitrogen and oxygen atoms in total. The van der Waals surface area contributed by atoms with Crippen molar-refractivity contribution in [1.29, 1.82) is 0 Å².